The molecule has 2 aromatic heterocycles. The minimum Gasteiger partial charge on any atom is -0.454 e. The molecule has 0 bridgehead atoms. The van der Waals surface area contributed by atoms with Gasteiger partial charge in [0.1, 0.15) is 5.82 Å². The molecule has 0 fully saturated rings. The molecule has 4 aromatic rings. The van der Waals surface area contributed by atoms with Gasteiger partial charge in [-0.05, 0) is 42.0 Å². The minimum atomic E-state index is -4.42. The number of fused-ring (bicyclic) bond motifs is 2. The maximum absolute atomic E-state index is 12.9. The van der Waals surface area contributed by atoms with Crippen LogP contribution in [0.15, 0.2) is 65.6 Å². The molecule has 1 N–H and O–H groups in total. The Labute approximate surface area is 209 Å². The van der Waals surface area contributed by atoms with E-state index in [4.69, 9.17) is 9.47 Å². The molecule has 2 aromatic carbocycles. The van der Waals surface area contributed by atoms with Crippen LogP contribution in [0.3, 0.4) is 0 Å². The average molecular weight is 506 g/mol. The highest BCUT2D eigenvalue weighted by Crippen LogP contribution is 2.35. The second-order valence-corrected chi connectivity index (χ2v) is 9.00. The Morgan fingerprint density at radius 3 is 2.51 bits per heavy atom. The van der Waals surface area contributed by atoms with Gasteiger partial charge in [-0.2, -0.15) is 13.2 Å². The van der Waals surface area contributed by atoms with Crippen molar-refractivity contribution in [2.24, 2.45) is 0 Å². The number of aromatic amines is 1. The predicted octanol–water partition coefficient (Wildman–Crippen LogP) is 4.80. The van der Waals surface area contributed by atoms with Crippen molar-refractivity contribution in [3.05, 3.63) is 93.5 Å². The van der Waals surface area contributed by atoms with Crippen molar-refractivity contribution in [3.63, 3.8) is 0 Å². The van der Waals surface area contributed by atoms with E-state index in [1.807, 2.05) is 36.5 Å². The third-order valence-electron chi connectivity index (χ3n) is 6.53. The molecule has 2 aliphatic heterocycles. The lowest BCUT2D eigenvalue weighted by Gasteiger charge is -2.27. The molecule has 37 heavy (non-hydrogen) atoms. The van der Waals surface area contributed by atoms with E-state index in [2.05, 4.69) is 19.9 Å². The highest BCUT2D eigenvalue weighted by molar-refractivity contribution is 5.64. The number of aromatic nitrogens is 3. The first-order valence-corrected chi connectivity index (χ1v) is 11.7. The Morgan fingerprint density at radius 1 is 0.973 bits per heavy atom. The molecule has 0 saturated carbocycles. The number of nitrogens with one attached hydrogen (secondary N) is 1. The third-order valence-corrected chi connectivity index (χ3v) is 6.53. The maximum Gasteiger partial charge on any atom is 0.416 e. The van der Waals surface area contributed by atoms with E-state index in [1.165, 1.54) is 12.1 Å². The maximum atomic E-state index is 12.9. The second kappa shape index (κ2) is 9.04. The molecule has 2 aliphatic rings. The van der Waals surface area contributed by atoms with Crippen LogP contribution < -0.4 is 15.0 Å². The lowest BCUT2D eigenvalue weighted by molar-refractivity contribution is -0.137. The van der Waals surface area contributed by atoms with E-state index in [9.17, 15) is 18.0 Å². The van der Waals surface area contributed by atoms with Crippen LogP contribution in [-0.4, -0.2) is 33.2 Å². The summed E-state index contributed by atoms with van der Waals surface area (Å²) in [5.74, 6) is 1.70. The molecule has 0 amide bonds. The Hall–Kier alpha value is -4.18. The topological polar surface area (TPSA) is 80.3 Å². The number of hydrogen-bond donors (Lipinski definition) is 1. The molecule has 0 saturated heterocycles. The molecule has 7 nitrogen and oxygen atoms in total. The van der Waals surface area contributed by atoms with Gasteiger partial charge in [-0.25, -0.2) is 4.98 Å². The zero-order valence-electron chi connectivity index (χ0n) is 19.5. The van der Waals surface area contributed by atoms with Crippen LogP contribution in [0.2, 0.25) is 0 Å². The van der Waals surface area contributed by atoms with Gasteiger partial charge in [-0.15, -0.1) is 0 Å². The Balaban J connectivity index is 1.15. The molecule has 0 aliphatic carbocycles. The highest BCUT2D eigenvalue weighted by Gasteiger charge is 2.30. The SMILES string of the molecule is O=c1[nH]c(-c2ccc(C(F)(F)F)cc2)nc2c1CN(Cc1ccc(-c3ccc4c(c3)OCO4)nc1)CC2. The fourth-order valence-electron chi connectivity index (χ4n) is 4.57. The van der Waals surface area contributed by atoms with Crippen molar-refractivity contribution >= 4 is 0 Å². The second-order valence-electron chi connectivity index (χ2n) is 9.00. The van der Waals surface area contributed by atoms with Crippen molar-refractivity contribution in [1.29, 1.82) is 0 Å². The zero-order valence-corrected chi connectivity index (χ0v) is 19.5. The number of ether oxygens (including phenoxy) is 2. The van der Waals surface area contributed by atoms with E-state index in [0.717, 1.165) is 34.7 Å². The molecule has 6 rings (SSSR count). The van der Waals surface area contributed by atoms with Gasteiger partial charge in [0.15, 0.2) is 11.5 Å². The molecular weight excluding hydrogens is 485 g/mol. The molecule has 0 unspecified atom stereocenters. The summed E-state index contributed by atoms with van der Waals surface area (Å²) in [6.07, 6.45) is -2.03. The highest BCUT2D eigenvalue weighted by atomic mass is 19.4. The van der Waals surface area contributed by atoms with Crippen molar-refractivity contribution in [1.82, 2.24) is 19.9 Å². The van der Waals surface area contributed by atoms with Crippen LogP contribution in [0.1, 0.15) is 22.4 Å². The van der Waals surface area contributed by atoms with Crippen LogP contribution >= 0.6 is 0 Å². The first-order valence-electron chi connectivity index (χ1n) is 11.7. The lowest BCUT2D eigenvalue weighted by Crippen LogP contribution is -2.35. The minimum absolute atomic E-state index is 0.221. The normalized spacial score (nSPS) is 15.0. The molecular formula is C27H21F3N4O3. The van der Waals surface area contributed by atoms with Crippen LogP contribution in [0.4, 0.5) is 13.2 Å². The van der Waals surface area contributed by atoms with Crippen LogP contribution in [0.5, 0.6) is 11.5 Å². The molecule has 10 heteroatoms. The number of halogens is 3. The molecule has 0 atom stereocenters. The van der Waals surface area contributed by atoms with Crippen LogP contribution in [-0.2, 0) is 25.7 Å². The molecule has 0 spiro atoms. The van der Waals surface area contributed by atoms with Gasteiger partial charge < -0.3 is 14.5 Å². The quantitative estimate of drug-likeness (QED) is 0.428. The fourth-order valence-corrected chi connectivity index (χ4v) is 4.57. The van der Waals surface area contributed by atoms with Crippen molar-refractivity contribution in [2.45, 2.75) is 25.7 Å². The number of alkyl halides is 3. The summed E-state index contributed by atoms with van der Waals surface area (Å²) in [6.45, 7) is 1.96. The first-order chi connectivity index (χ1) is 17.8. The van der Waals surface area contributed by atoms with Crippen molar-refractivity contribution < 1.29 is 22.6 Å². The molecule has 0 radical (unpaired) electrons. The average Bonchev–Trinajstić information content (AvgIpc) is 3.37. The smallest absolute Gasteiger partial charge is 0.416 e. The Bertz CT molecular complexity index is 1520. The number of nitrogens with zero attached hydrogens (tertiary/aromatic N) is 3. The number of hydrogen-bond acceptors (Lipinski definition) is 6. The van der Waals surface area contributed by atoms with Gasteiger partial charge in [-0.3, -0.25) is 14.7 Å². The molecule has 4 heterocycles. The zero-order chi connectivity index (χ0) is 25.6. The van der Waals surface area contributed by atoms with Crippen LogP contribution in [0.25, 0.3) is 22.6 Å². The standard InChI is InChI=1S/C27H21F3N4O3/c28-27(29,30)19-5-2-17(3-6-19)25-32-22-9-10-34(14-20(22)26(35)33-25)13-16-1-7-21(31-12-16)18-4-8-23-24(11-18)37-15-36-23/h1-8,11-12H,9-10,13-15H2,(H,32,33,35). The van der Waals surface area contributed by atoms with Crippen LogP contribution in [0, 0.1) is 0 Å². The summed E-state index contributed by atoms with van der Waals surface area (Å²) in [5.41, 5.74) is 3.43. The van der Waals surface area contributed by atoms with Gasteiger partial charge in [0.2, 0.25) is 6.79 Å². The van der Waals surface area contributed by atoms with Gasteiger partial charge in [0, 0.05) is 43.4 Å². The van der Waals surface area contributed by atoms with E-state index >= 15 is 0 Å². The summed E-state index contributed by atoms with van der Waals surface area (Å²) in [5, 5.41) is 0. The van der Waals surface area contributed by atoms with E-state index in [1.54, 1.807) is 0 Å². The Morgan fingerprint density at radius 2 is 1.76 bits per heavy atom. The monoisotopic (exact) mass is 506 g/mol. The van der Waals surface area contributed by atoms with E-state index in [0.29, 0.717) is 48.6 Å². The van der Waals surface area contributed by atoms with Gasteiger partial charge in [0.05, 0.1) is 22.5 Å². The summed E-state index contributed by atoms with van der Waals surface area (Å²) < 4.78 is 49.4. The Kier molecular flexibility index (Phi) is 5.68. The number of H-pyrrole nitrogens is 1. The van der Waals surface area contributed by atoms with Gasteiger partial charge >= 0.3 is 6.18 Å². The van der Waals surface area contributed by atoms with Crippen molar-refractivity contribution in [2.75, 3.05) is 13.3 Å². The summed E-state index contributed by atoms with van der Waals surface area (Å²) >= 11 is 0. The van der Waals surface area contributed by atoms with E-state index in [-0.39, 0.29) is 18.2 Å². The fraction of sp³-hybridized carbons (Fsp3) is 0.222. The number of rotatable bonds is 4. The molecule has 188 valence electrons. The van der Waals surface area contributed by atoms with Gasteiger partial charge in [0.25, 0.3) is 5.56 Å². The first kappa shape index (κ1) is 23.2. The summed E-state index contributed by atoms with van der Waals surface area (Å²) in [4.78, 5) is 26.9. The summed E-state index contributed by atoms with van der Waals surface area (Å²) in [6, 6.07) is 14.3. The lowest BCUT2D eigenvalue weighted by atomic mass is 10.0. The van der Waals surface area contributed by atoms with Gasteiger partial charge in [-0.1, -0.05) is 18.2 Å². The predicted molar refractivity (Wildman–Crippen MR) is 129 cm³/mol. The van der Waals surface area contributed by atoms with E-state index < -0.39 is 11.7 Å². The number of benzene rings is 2. The summed E-state index contributed by atoms with van der Waals surface area (Å²) in [7, 11) is 0. The van der Waals surface area contributed by atoms with Crippen molar-refractivity contribution in [3.8, 4) is 34.1 Å². The third kappa shape index (κ3) is 4.67. The number of pyridine rings is 1. The largest absolute Gasteiger partial charge is 0.454 e.